The average molecular weight is 403 g/mol. The zero-order valence-electron chi connectivity index (χ0n) is 17.3. The summed E-state index contributed by atoms with van der Waals surface area (Å²) in [5, 5.41) is 0. The summed E-state index contributed by atoms with van der Waals surface area (Å²) in [4.78, 5) is 4.28. The molecule has 2 aromatic carbocycles. The molecule has 5 nitrogen and oxygen atoms in total. The number of quaternary nitrogens is 1. The van der Waals surface area contributed by atoms with Gasteiger partial charge in [-0.1, -0.05) is 32.9 Å². The molecule has 2 N–H and O–H groups in total. The molecule has 0 radical (unpaired) electrons. The molecule has 0 unspecified atom stereocenters. The molecule has 28 heavy (non-hydrogen) atoms. The fraction of sp³-hybridized carbons (Fsp3) is 0.455. The lowest BCUT2D eigenvalue weighted by Gasteiger charge is -2.33. The lowest BCUT2D eigenvalue weighted by molar-refractivity contribution is -0.898. The number of hydrogen-bond acceptors (Lipinski definition) is 3. The summed E-state index contributed by atoms with van der Waals surface area (Å²) in [5.41, 5.74) is 2.84. The Bertz CT molecular complexity index is 877. The predicted octanol–water partition coefficient (Wildman–Crippen LogP) is 2.51. The van der Waals surface area contributed by atoms with Crippen molar-refractivity contribution >= 4 is 21.4 Å². The molecule has 1 aliphatic heterocycles. The summed E-state index contributed by atoms with van der Waals surface area (Å²) >= 11 is 0. The van der Waals surface area contributed by atoms with Gasteiger partial charge in [0.15, 0.2) is 0 Å². The number of hydrogen-bond donors (Lipinski definition) is 2. The second-order valence-electron chi connectivity index (χ2n) is 8.52. The average Bonchev–Trinajstić information content (AvgIpc) is 2.68. The van der Waals surface area contributed by atoms with E-state index in [1.807, 2.05) is 36.4 Å². The second-order valence-corrected chi connectivity index (χ2v) is 10.2. The zero-order chi connectivity index (χ0) is 20.4. The van der Waals surface area contributed by atoms with Crippen LogP contribution in [0.5, 0.6) is 0 Å². The molecule has 1 heterocycles. The minimum atomic E-state index is -3.59. The van der Waals surface area contributed by atoms with Crippen LogP contribution in [0, 0.1) is 0 Å². The molecule has 0 amide bonds. The summed E-state index contributed by atoms with van der Waals surface area (Å²) in [5.74, 6) is 0. The van der Waals surface area contributed by atoms with Gasteiger partial charge < -0.3 is 9.80 Å². The van der Waals surface area contributed by atoms with Gasteiger partial charge in [0.2, 0.25) is 0 Å². The number of nitrogens with zero attached hydrogens (tertiary/aromatic N) is 1. The Balaban J connectivity index is 1.67. The third kappa shape index (κ3) is 4.86. The highest BCUT2D eigenvalue weighted by atomic mass is 32.2. The van der Waals surface area contributed by atoms with E-state index in [1.165, 1.54) is 6.54 Å². The van der Waals surface area contributed by atoms with Crippen LogP contribution in [-0.2, 0) is 15.4 Å². The van der Waals surface area contributed by atoms with E-state index in [2.05, 4.69) is 37.3 Å². The van der Waals surface area contributed by atoms with Crippen LogP contribution in [0.1, 0.15) is 33.3 Å². The highest BCUT2D eigenvalue weighted by molar-refractivity contribution is 7.92. The number of benzene rings is 2. The predicted molar refractivity (Wildman–Crippen MR) is 116 cm³/mol. The van der Waals surface area contributed by atoms with Gasteiger partial charge in [0.1, 0.15) is 0 Å². The van der Waals surface area contributed by atoms with E-state index in [-0.39, 0.29) is 10.3 Å². The van der Waals surface area contributed by atoms with Crippen molar-refractivity contribution in [2.75, 3.05) is 42.3 Å². The standard InChI is InChI=1S/C22H31N3O2S/c1-5-24-14-16-25(17-15-24)20-10-8-19(9-11-20)23-28(26,27)21-12-6-18(7-13-21)22(2,3)4/h6-13,23H,5,14-17H2,1-4H3/p+1. The molecule has 0 spiro atoms. The molecule has 1 fully saturated rings. The molecule has 0 saturated carbocycles. The van der Waals surface area contributed by atoms with Gasteiger partial charge in [-0.15, -0.1) is 0 Å². The summed E-state index contributed by atoms with van der Waals surface area (Å²) < 4.78 is 28.1. The monoisotopic (exact) mass is 402 g/mol. The van der Waals surface area contributed by atoms with Gasteiger partial charge in [-0.2, -0.15) is 0 Å². The third-order valence-corrected chi connectivity index (χ3v) is 6.88. The Morgan fingerprint density at radius 2 is 1.54 bits per heavy atom. The molecular formula is C22H32N3O2S+. The Morgan fingerprint density at radius 1 is 0.964 bits per heavy atom. The lowest BCUT2D eigenvalue weighted by atomic mass is 9.87. The summed E-state index contributed by atoms with van der Waals surface area (Å²) in [6.45, 7) is 14.1. The largest absolute Gasteiger partial charge is 0.360 e. The smallest absolute Gasteiger partial charge is 0.261 e. The maximum Gasteiger partial charge on any atom is 0.261 e. The summed E-state index contributed by atoms with van der Waals surface area (Å²) in [7, 11) is -3.59. The molecule has 0 aliphatic carbocycles. The summed E-state index contributed by atoms with van der Waals surface area (Å²) in [6.07, 6.45) is 0. The van der Waals surface area contributed by atoms with Gasteiger partial charge in [-0.3, -0.25) is 4.72 Å². The van der Waals surface area contributed by atoms with Crippen LogP contribution in [0.15, 0.2) is 53.4 Å². The zero-order valence-corrected chi connectivity index (χ0v) is 18.1. The van der Waals surface area contributed by atoms with Crippen LogP contribution in [0.3, 0.4) is 0 Å². The van der Waals surface area contributed by atoms with Gasteiger partial charge in [0, 0.05) is 11.4 Å². The van der Waals surface area contributed by atoms with E-state index >= 15 is 0 Å². The molecular weight excluding hydrogens is 370 g/mol. The quantitative estimate of drug-likeness (QED) is 0.808. The van der Waals surface area contributed by atoms with Gasteiger partial charge in [-0.05, 0) is 54.3 Å². The molecule has 0 aromatic heterocycles. The van der Waals surface area contributed by atoms with E-state index in [0.717, 1.165) is 37.4 Å². The maximum atomic E-state index is 12.7. The van der Waals surface area contributed by atoms with Crippen molar-refractivity contribution in [3.8, 4) is 0 Å². The highest BCUT2D eigenvalue weighted by Crippen LogP contribution is 2.25. The number of anilines is 2. The SMILES string of the molecule is CC[NH+]1CCN(c2ccc(NS(=O)(=O)c3ccc(C(C)(C)C)cc3)cc2)CC1. The normalized spacial score (nSPS) is 16.2. The molecule has 6 heteroatoms. The van der Waals surface area contributed by atoms with E-state index in [1.54, 1.807) is 17.0 Å². The van der Waals surface area contributed by atoms with Crippen molar-refractivity contribution < 1.29 is 13.3 Å². The minimum absolute atomic E-state index is 0.00431. The first-order valence-electron chi connectivity index (χ1n) is 10.0. The van der Waals surface area contributed by atoms with E-state index in [9.17, 15) is 8.42 Å². The van der Waals surface area contributed by atoms with Crippen molar-refractivity contribution in [1.82, 2.24) is 0 Å². The van der Waals surface area contributed by atoms with Crippen molar-refractivity contribution in [3.05, 3.63) is 54.1 Å². The molecule has 2 aromatic rings. The summed E-state index contributed by atoms with van der Waals surface area (Å²) in [6, 6.07) is 14.8. The van der Waals surface area contributed by atoms with Gasteiger partial charge in [0.25, 0.3) is 10.0 Å². The molecule has 0 bridgehead atoms. The van der Waals surface area contributed by atoms with Crippen LogP contribution in [0.25, 0.3) is 0 Å². The van der Waals surface area contributed by atoms with Crippen LogP contribution >= 0.6 is 0 Å². The first-order chi connectivity index (χ1) is 13.2. The maximum absolute atomic E-state index is 12.7. The molecule has 1 saturated heterocycles. The number of nitrogens with one attached hydrogen (secondary N) is 2. The van der Waals surface area contributed by atoms with E-state index in [0.29, 0.717) is 5.69 Å². The Hall–Kier alpha value is -2.05. The van der Waals surface area contributed by atoms with Gasteiger partial charge >= 0.3 is 0 Å². The van der Waals surface area contributed by atoms with Gasteiger partial charge in [-0.25, -0.2) is 8.42 Å². The van der Waals surface area contributed by atoms with Crippen LogP contribution in [-0.4, -0.2) is 41.1 Å². The second kappa shape index (κ2) is 8.13. The Labute approximate surface area is 169 Å². The van der Waals surface area contributed by atoms with Crippen molar-refractivity contribution in [1.29, 1.82) is 0 Å². The topological polar surface area (TPSA) is 53.9 Å². The molecule has 0 atom stereocenters. The van der Waals surface area contributed by atoms with Crippen LogP contribution < -0.4 is 14.5 Å². The number of sulfonamides is 1. The Kier molecular flexibility index (Phi) is 6.01. The van der Waals surface area contributed by atoms with Crippen LogP contribution in [0.2, 0.25) is 0 Å². The first kappa shape index (κ1) is 20.7. The fourth-order valence-electron chi connectivity index (χ4n) is 3.52. The van der Waals surface area contributed by atoms with Crippen LogP contribution in [0.4, 0.5) is 11.4 Å². The van der Waals surface area contributed by atoms with Crippen molar-refractivity contribution in [2.45, 2.75) is 38.0 Å². The molecule has 3 rings (SSSR count). The van der Waals surface area contributed by atoms with Gasteiger partial charge in [0.05, 0.1) is 37.6 Å². The molecule has 152 valence electrons. The minimum Gasteiger partial charge on any atom is -0.360 e. The Morgan fingerprint density at radius 3 is 2.04 bits per heavy atom. The van der Waals surface area contributed by atoms with E-state index < -0.39 is 10.0 Å². The number of piperazine rings is 1. The van der Waals surface area contributed by atoms with E-state index in [4.69, 9.17) is 0 Å². The third-order valence-electron chi connectivity index (χ3n) is 5.49. The highest BCUT2D eigenvalue weighted by Gasteiger charge is 2.20. The fourth-order valence-corrected chi connectivity index (χ4v) is 4.58. The number of rotatable bonds is 5. The first-order valence-corrected chi connectivity index (χ1v) is 11.5. The van der Waals surface area contributed by atoms with Crippen molar-refractivity contribution in [3.63, 3.8) is 0 Å². The molecule has 1 aliphatic rings. The number of likely N-dealkylation sites (N-methyl/N-ethyl adjacent to an activating group) is 1. The van der Waals surface area contributed by atoms with Crippen molar-refractivity contribution in [2.24, 2.45) is 0 Å². The lowest BCUT2D eigenvalue weighted by Crippen LogP contribution is -3.14.